The third-order valence-electron chi connectivity index (χ3n) is 4.13. The van der Waals surface area contributed by atoms with Gasteiger partial charge in [0.1, 0.15) is 0 Å². The van der Waals surface area contributed by atoms with Crippen LogP contribution >= 0.6 is 34.5 Å². The highest BCUT2D eigenvalue weighted by molar-refractivity contribution is 7.13. The predicted octanol–water partition coefficient (Wildman–Crippen LogP) is 6.73. The van der Waals surface area contributed by atoms with Crippen LogP contribution in [-0.2, 0) is 0 Å². The Bertz CT molecular complexity index is 1020. The van der Waals surface area contributed by atoms with E-state index in [-0.39, 0.29) is 5.69 Å². The lowest BCUT2D eigenvalue weighted by Gasteiger charge is -2.10. The molecule has 0 saturated heterocycles. The molecular weight excluding hydrogens is 403 g/mol. The van der Waals surface area contributed by atoms with Crippen molar-refractivity contribution < 1.29 is 9.90 Å². The average Bonchev–Trinajstić information content (AvgIpc) is 3.19. The van der Waals surface area contributed by atoms with E-state index < -0.39 is 5.97 Å². The van der Waals surface area contributed by atoms with Gasteiger partial charge in [0.15, 0.2) is 5.69 Å². The molecule has 0 aliphatic carbocycles. The average molecular weight is 421 g/mol. The first kappa shape index (κ1) is 19.7. The van der Waals surface area contributed by atoms with Crippen LogP contribution in [0.1, 0.15) is 41.4 Å². The Hall–Kier alpha value is -2.08. The zero-order chi connectivity index (χ0) is 19.6. The Morgan fingerprint density at radius 1 is 1.33 bits per heavy atom. The van der Waals surface area contributed by atoms with Crippen LogP contribution in [0, 0.1) is 6.92 Å². The third-order valence-corrected chi connectivity index (χ3v) is 5.60. The lowest BCUT2D eigenvalue weighted by molar-refractivity contribution is 0.0689. The molecule has 0 fully saturated rings. The van der Waals surface area contributed by atoms with Gasteiger partial charge in [-0.15, -0.1) is 11.3 Å². The minimum Gasteiger partial charge on any atom is -0.476 e. The van der Waals surface area contributed by atoms with E-state index in [2.05, 4.69) is 24.2 Å². The van der Waals surface area contributed by atoms with Gasteiger partial charge in [-0.1, -0.05) is 48.7 Å². The molecule has 0 aliphatic rings. The molecule has 4 nitrogen and oxygen atoms in total. The van der Waals surface area contributed by atoms with Gasteiger partial charge in [-0.05, 0) is 48.6 Å². The summed E-state index contributed by atoms with van der Waals surface area (Å²) < 4.78 is 1.60. The highest BCUT2D eigenvalue weighted by Crippen LogP contribution is 2.37. The summed E-state index contributed by atoms with van der Waals surface area (Å²) in [7, 11) is 0. The van der Waals surface area contributed by atoms with Gasteiger partial charge in [0.25, 0.3) is 0 Å². The maximum Gasteiger partial charge on any atom is 0.356 e. The number of rotatable bonds is 6. The van der Waals surface area contributed by atoms with Crippen LogP contribution in [0.3, 0.4) is 0 Å². The van der Waals surface area contributed by atoms with Gasteiger partial charge in [-0.25, -0.2) is 9.48 Å². The van der Waals surface area contributed by atoms with Gasteiger partial charge in [-0.3, -0.25) is 0 Å². The number of hydrogen-bond donors (Lipinski definition) is 1. The van der Waals surface area contributed by atoms with E-state index in [1.807, 2.05) is 11.4 Å². The normalized spacial score (nSPS) is 11.4. The Labute approximate surface area is 171 Å². The maximum absolute atomic E-state index is 11.7. The molecule has 1 N–H and O–H groups in total. The fraction of sp³-hybridized carbons (Fsp3) is 0.200. The Balaban J connectivity index is 2.24. The molecule has 0 bridgehead atoms. The first-order valence-corrected chi connectivity index (χ1v) is 10.1. The maximum atomic E-state index is 11.7. The van der Waals surface area contributed by atoms with Crippen LogP contribution in [0.15, 0.2) is 35.7 Å². The molecule has 0 atom stereocenters. The molecule has 1 aromatic carbocycles. The smallest absolute Gasteiger partial charge is 0.356 e. The molecule has 0 spiro atoms. The molecule has 27 heavy (non-hydrogen) atoms. The van der Waals surface area contributed by atoms with Crippen molar-refractivity contribution in [1.29, 1.82) is 0 Å². The van der Waals surface area contributed by atoms with E-state index in [0.29, 0.717) is 21.3 Å². The molecule has 0 aliphatic heterocycles. The predicted molar refractivity (Wildman–Crippen MR) is 113 cm³/mol. The quantitative estimate of drug-likeness (QED) is 0.480. The van der Waals surface area contributed by atoms with Crippen molar-refractivity contribution in [2.75, 3.05) is 0 Å². The van der Waals surface area contributed by atoms with Crippen molar-refractivity contribution in [2.24, 2.45) is 0 Å². The lowest BCUT2D eigenvalue weighted by atomic mass is 10.1. The van der Waals surface area contributed by atoms with Crippen molar-refractivity contribution in [2.45, 2.75) is 26.7 Å². The Kier molecular flexibility index (Phi) is 6.05. The number of halogens is 2. The molecule has 3 aromatic rings. The molecule has 0 amide bonds. The van der Waals surface area contributed by atoms with Crippen LogP contribution in [0.4, 0.5) is 0 Å². The molecule has 2 heterocycles. The van der Waals surface area contributed by atoms with Crippen molar-refractivity contribution in [3.63, 3.8) is 0 Å². The molecule has 0 unspecified atom stereocenters. The monoisotopic (exact) mass is 420 g/mol. The van der Waals surface area contributed by atoms with Crippen molar-refractivity contribution in [1.82, 2.24) is 9.78 Å². The molecule has 2 aromatic heterocycles. The molecule has 3 rings (SSSR count). The van der Waals surface area contributed by atoms with Gasteiger partial charge < -0.3 is 5.11 Å². The van der Waals surface area contributed by atoms with Gasteiger partial charge >= 0.3 is 5.97 Å². The first-order valence-electron chi connectivity index (χ1n) is 8.46. The van der Waals surface area contributed by atoms with E-state index in [9.17, 15) is 9.90 Å². The molecule has 0 saturated carbocycles. The summed E-state index contributed by atoms with van der Waals surface area (Å²) in [6.07, 6.45) is 6.23. The molecule has 140 valence electrons. The largest absolute Gasteiger partial charge is 0.476 e. The first-order chi connectivity index (χ1) is 12.9. The number of thiophene rings is 1. The second-order valence-electron chi connectivity index (χ2n) is 6.03. The fourth-order valence-electron chi connectivity index (χ4n) is 2.81. The minimum atomic E-state index is -1.07. The summed E-state index contributed by atoms with van der Waals surface area (Å²) in [6.45, 7) is 3.89. The van der Waals surface area contributed by atoms with E-state index in [1.54, 1.807) is 41.1 Å². The molecule has 7 heteroatoms. The Morgan fingerprint density at radius 3 is 2.78 bits per heavy atom. The number of carboxylic acids is 1. The molecule has 0 radical (unpaired) electrons. The van der Waals surface area contributed by atoms with Crippen LogP contribution in [0.2, 0.25) is 10.0 Å². The molecular formula is C20H18Cl2N2O2S. The number of aromatic nitrogens is 2. The third kappa shape index (κ3) is 3.95. The number of carbonyl (C=O) groups is 1. The van der Waals surface area contributed by atoms with E-state index in [4.69, 9.17) is 23.2 Å². The van der Waals surface area contributed by atoms with Crippen LogP contribution < -0.4 is 0 Å². The number of allylic oxidation sites excluding steroid dienone is 1. The lowest BCUT2D eigenvalue weighted by Crippen LogP contribution is -2.03. The number of benzene rings is 1. The van der Waals surface area contributed by atoms with Gasteiger partial charge in [0.05, 0.1) is 21.3 Å². The van der Waals surface area contributed by atoms with Crippen molar-refractivity contribution >= 4 is 46.6 Å². The minimum absolute atomic E-state index is 0.00732. The fourth-order valence-corrected chi connectivity index (χ4v) is 4.28. The SMILES string of the molecule is CCCC=Cc1ccsc1-c1c(C)c(C(=O)O)nn1-c1ccc(Cl)cc1Cl. The van der Waals surface area contributed by atoms with Crippen LogP contribution in [-0.4, -0.2) is 20.9 Å². The number of hydrogen-bond acceptors (Lipinski definition) is 3. The highest BCUT2D eigenvalue weighted by atomic mass is 35.5. The summed E-state index contributed by atoms with van der Waals surface area (Å²) >= 11 is 13.9. The summed E-state index contributed by atoms with van der Waals surface area (Å²) in [6, 6.07) is 7.09. The van der Waals surface area contributed by atoms with Crippen molar-refractivity contribution in [3.8, 4) is 16.3 Å². The topological polar surface area (TPSA) is 55.1 Å². The van der Waals surface area contributed by atoms with Crippen LogP contribution in [0.25, 0.3) is 22.3 Å². The summed E-state index contributed by atoms with van der Waals surface area (Å²) in [5, 5.41) is 16.8. The second kappa shape index (κ2) is 8.30. The van der Waals surface area contributed by atoms with Crippen LogP contribution in [0.5, 0.6) is 0 Å². The number of carboxylic acid groups (broad SMARTS) is 1. The summed E-state index contributed by atoms with van der Waals surface area (Å²) in [5.74, 6) is -1.07. The number of nitrogens with zero attached hydrogens (tertiary/aromatic N) is 2. The summed E-state index contributed by atoms with van der Waals surface area (Å²) in [5.41, 5.74) is 2.94. The number of unbranched alkanes of at least 4 members (excludes halogenated alkanes) is 1. The standard InChI is InChI=1S/C20H18Cl2N2O2S/c1-3-4-5-6-13-9-10-27-19(13)18-12(2)17(20(25)26)23-24(18)16-8-7-14(21)11-15(16)22/h5-11H,3-4H2,1-2H3,(H,25,26). The van der Waals surface area contributed by atoms with Gasteiger partial charge in [0, 0.05) is 10.6 Å². The zero-order valence-electron chi connectivity index (χ0n) is 14.9. The Morgan fingerprint density at radius 2 is 2.11 bits per heavy atom. The second-order valence-corrected chi connectivity index (χ2v) is 7.79. The number of aromatic carboxylic acids is 1. The van der Waals surface area contributed by atoms with E-state index >= 15 is 0 Å². The summed E-state index contributed by atoms with van der Waals surface area (Å²) in [4.78, 5) is 12.6. The van der Waals surface area contributed by atoms with Gasteiger partial charge in [0.2, 0.25) is 0 Å². The van der Waals surface area contributed by atoms with Crippen molar-refractivity contribution in [3.05, 3.63) is 62.6 Å². The van der Waals surface area contributed by atoms with E-state index in [1.165, 1.54) is 0 Å². The highest BCUT2D eigenvalue weighted by Gasteiger charge is 2.24. The van der Waals surface area contributed by atoms with E-state index in [0.717, 1.165) is 29.0 Å². The van der Waals surface area contributed by atoms with Gasteiger partial charge in [-0.2, -0.15) is 5.10 Å². The zero-order valence-corrected chi connectivity index (χ0v) is 17.2.